The minimum atomic E-state index is -3.84. The number of hydrogen-bond acceptors (Lipinski definition) is 10. The number of sulfonamides is 1. The summed E-state index contributed by atoms with van der Waals surface area (Å²) in [5.41, 5.74) is 3.32. The van der Waals surface area contributed by atoms with Gasteiger partial charge in [-0.05, 0) is 49.4 Å². The molecule has 13 heteroatoms. The second kappa shape index (κ2) is 10.8. The Morgan fingerprint density at radius 1 is 1.14 bits per heavy atom. The van der Waals surface area contributed by atoms with Crippen LogP contribution in [0.25, 0.3) is 5.76 Å². The molecule has 0 spiro atoms. The molecule has 2 aromatic rings. The summed E-state index contributed by atoms with van der Waals surface area (Å²) in [5.74, 6) is -1.80. The number of rotatable bonds is 5. The van der Waals surface area contributed by atoms with Crippen molar-refractivity contribution in [3.63, 3.8) is 0 Å². The van der Waals surface area contributed by atoms with Crippen molar-refractivity contribution in [2.45, 2.75) is 36.7 Å². The van der Waals surface area contributed by atoms with E-state index in [0.717, 1.165) is 5.56 Å². The lowest BCUT2D eigenvalue weighted by molar-refractivity contribution is -0.147. The number of aliphatic hydroxyl groups is 3. The normalized spacial score (nSPS) is 22.9. The molecule has 1 amide bonds. The summed E-state index contributed by atoms with van der Waals surface area (Å²) in [5, 5.41) is 44.9. The highest BCUT2D eigenvalue weighted by Gasteiger charge is 2.60. The minimum absolute atomic E-state index is 0.0131. The maximum Gasteiger partial charge on any atom is 0.255 e. The molecule has 3 unspecified atom stereocenters. The maximum absolute atomic E-state index is 13.8. The topological polar surface area (TPSA) is 208 Å². The average molecular weight is 622 g/mol. The number of aliphatic hydroxyl groups excluding tert-OH is 2. The van der Waals surface area contributed by atoms with E-state index in [1.807, 2.05) is 6.92 Å². The summed E-state index contributed by atoms with van der Waals surface area (Å²) in [7, 11) is -0.383. The van der Waals surface area contributed by atoms with Gasteiger partial charge in [0, 0.05) is 37.7 Å². The van der Waals surface area contributed by atoms with Crippen LogP contribution in [0.1, 0.15) is 35.1 Å². The summed E-state index contributed by atoms with van der Waals surface area (Å²) >= 11 is 0. The summed E-state index contributed by atoms with van der Waals surface area (Å²) in [6, 6.07) is 7.84. The Balaban J connectivity index is 1.55. The smallest absolute Gasteiger partial charge is 0.255 e. The highest BCUT2D eigenvalue weighted by atomic mass is 32.2. The zero-order chi connectivity index (χ0) is 32.3. The van der Waals surface area contributed by atoms with Gasteiger partial charge in [0.15, 0.2) is 11.4 Å². The van der Waals surface area contributed by atoms with Crippen LogP contribution in [0.4, 0.5) is 5.69 Å². The minimum Gasteiger partial charge on any atom is -0.508 e. The fourth-order valence-electron chi connectivity index (χ4n) is 6.23. The highest BCUT2D eigenvalue weighted by Crippen LogP contribution is 2.53. The molecule has 2 aromatic carbocycles. The lowest BCUT2D eigenvalue weighted by atomic mass is 9.59. The number of phenols is 1. The summed E-state index contributed by atoms with van der Waals surface area (Å²) in [6.45, 7) is 1.54. The molecule has 1 saturated carbocycles. The lowest BCUT2D eigenvalue weighted by Gasteiger charge is -2.46. The van der Waals surface area contributed by atoms with Crippen molar-refractivity contribution in [1.29, 1.82) is 0 Å². The van der Waals surface area contributed by atoms with Crippen molar-refractivity contribution in [2.75, 3.05) is 25.5 Å². The van der Waals surface area contributed by atoms with Crippen LogP contribution in [0.3, 0.4) is 0 Å². The third-order valence-corrected chi connectivity index (χ3v) is 9.84. The largest absolute Gasteiger partial charge is 0.508 e. The van der Waals surface area contributed by atoms with E-state index in [4.69, 9.17) is 5.73 Å². The van der Waals surface area contributed by atoms with Gasteiger partial charge in [-0.3, -0.25) is 14.4 Å². The Morgan fingerprint density at radius 3 is 2.41 bits per heavy atom. The zero-order valence-corrected chi connectivity index (χ0v) is 24.9. The van der Waals surface area contributed by atoms with Gasteiger partial charge >= 0.3 is 0 Å². The number of nitrogens with two attached hydrogens (primary N) is 1. The van der Waals surface area contributed by atoms with Crippen LogP contribution in [0.5, 0.6) is 5.75 Å². The molecule has 230 valence electrons. The van der Waals surface area contributed by atoms with Crippen molar-refractivity contribution in [3.8, 4) is 17.6 Å². The first-order chi connectivity index (χ1) is 20.6. The van der Waals surface area contributed by atoms with Gasteiger partial charge in [-0.25, -0.2) is 8.42 Å². The molecule has 0 radical (unpaired) electrons. The van der Waals surface area contributed by atoms with Gasteiger partial charge in [-0.1, -0.05) is 29.5 Å². The number of nitrogens with one attached hydrogen (secondary N) is 1. The van der Waals surface area contributed by atoms with Crippen LogP contribution in [0.15, 0.2) is 52.1 Å². The Bertz CT molecular complexity index is 1860. The molecule has 3 atom stereocenters. The van der Waals surface area contributed by atoms with Crippen molar-refractivity contribution < 1.29 is 43.2 Å². The van der Waals surface area contributed by atoms with Gasteiger partial charge in [0.05, 0.1) is 22.6 Å². The fraction of sp³-hybridized carbons (Fsp3) is 0.323. The number of primary amides is 1. The van der Waals surface area contributed by atoms with Crippen LogP contribution in [0.2, 0.25) is 0 Å². The van der Waals surface area contributed by atoms with E-state index in [-0.39, 0.29) is 41.0 Å². The molecule has 7 N–H and O–H groups in total. The molecular weight excluding hydrogens is 590 g/mol. The molecule has 0 heterocycles. The summed E-state index contributed by atoms with van der Waals surface area (Å²) < 4.78 is 27.6. The zero-order valence-electron chi connectivity index (χ0n) is 24.1. The van der Waals surface area contributed by atoms with E-state index in [1.54, 1.807) is 37.2 Å². The van der Waals surface area contributed by atoms with Crippen molar-refractivity contribution in [2.24, 2.45) is 17.6 Å². The molecule has 0 saturated heterocycles. The Kier molecular flexibility index (Phi) is 7.57. The third kappa shape index (κ3) is 4.81. The number of hydrogen-bond donors (Lipinski definition) is 6. The number of carbonyl (C=O) groups excluding carboxylic acids is 3. The average Bonchev–Trinajstić information content (AvgIpc) is 2.93. The van der Waals surface area contributed by atoms with Crippen LogP contribution in [-0.2, 0) is 30.8 Å². The van der Waals surface area contributed by atoms with Gasteiger partial charge in [0.25, 0.3) is 5.91 Å². The molecule has 3 aliphatic rings. The molecule has 0 bridgehead atoms. The molecule has 0 aliphatic heterocycles. The van der Waals surface area contributed by atoms with Crippen molar-refractivity contribution >= 4 is 38.9 Å². The quantitative estimate of drug-likeness (QED) is 0.207. The van der Waals surface area contributed by atoms with E-state index in [9.17, 15) is 43.2 Å². The Hall–Kier alpha value is -4.64. The molecule has 3 aliphatic carbocycles. The van der Waals surface area contributed by atoms with Gasteiger partial charge in [-0.15, -0.1) is 0 Å². The van der Waals surface area contributed by atoms with Gasteiger partial charge in [0.1, 0.15) is 22.8 Å². The highest BCUT2D eigenvalue weighted by molar-refractivity contribution is 7.89. The van der Waals surface area contributed by atoms with E-state index in [0.29, 0.717) is 11.3 Å². The number of aromatic hydroxyl groups is 1. The number of carbonyl (C=O) groups is 3. The molecule has 5 rings (SSSR count). The van der Waals surface area contributed by atoms with E-state index >= 15 is 0 Å². The lowest BCUT2D eigenvalue weighted by Crippen LogP contribution is -2.58. The Morgan fingerprint density at radius 2 is 1.80 bits per heavy atom. The predicted octanol–water partition coefficient (Wildman–Crippen LogP) is 1.13. The van der Waals surface area contributed by atoms with E-state index in [1.165, 1.54) is 12.1 Å². The second-order valence-electron chi connectivity index (χ2n) is 11.4. The number of Topliss-reactive ketones (excluding diaryl/α,β-unsaturated/α-hetero) is 2. The summed E-state index contributed by atoms with van der Waals surface area (Å²) in [6.07, 6.45) is -0.255. The van der Waals surface area contributed by atoms with Crippen molar-refractivity contribution in [1.82, 2.24) is 4.72 Å². The van der Waals surface area contributed by atoms with Gasteiger partial charge in [-0.2, -0.15) is 4.72 Å². The summed E-state index contributed by atoms with van der Waals surface area (Å²) in [4.78, 5) is 40.0. The number of amides is 1. The van der Waals surface area contributed by atoms with E-state index < -0.39 is 74.2 Å². The first-order valence-electron chi connectivity index (χ1n) is 13.7. The first-order valence-corrected chi connectivity index (χ1v) is 15.2. The number of aryl methyl sites for hydroxylation is 1. The third-order valence-electron chi connectivity index (χ3n) is 8.43. The van der Waals surface area contributed by atoms with Crippen LogP contribution >= 0.6 is 0 Å². The molecule has 0 aromatic heterocycles. The van der Waals surface area contributed by atoms with Gasteiger partial charge in [0.2, 0.25) is 15.8 Å². The van der Waals surface area contributed by atoms with Crippen molar-refractivity contribution in [3.05, 3.63) is 69.5 Å². The molecule has 1 fully saturated rings. The number of anilines is 1. The fourth-order valence-corrected chi connectivity index (χ4v) is 7.16. The first kappa shape index (κ1) is 30.8. The number of phenolic OH excluding ortho intramolecular Hbond substituents is 1. The van der Waals surface area contributed by atoms with Gasteiger partial charge < -0.3 is 31.1 Å². The van der Waals surface area contributed by atoms with E-state index in [2.05, 4.69) is 16.6 Å². The number of fused-ring (bicyclic) bond motifs is 3. The van der Waals surface area contributed by atoms with Crippen LogP contribution < -0.4 is 15.4 Å². The maximum atomic E-state index is 13.8. The number of benzene rings is 2. The molecule has 44 heavy (non-hydrogen) atoms. The standard InChI is InChI=1S/C31H31N3O9S/c1-15-6-8-19(9-7-15)44(42,43)33-10-4-5-16-13-21(34(2)3)20-12-17-11-18-14-22(35)25(30(32)40)29(39)31(18,41)28(38)23(17)27(37)24(20)26(16)36/h6-9,13,17-18,33,36-37,39,41H,10-12,14H2,1-3H3,(H2,32,40). The van der Waals surface area contributed by atoms with Crippen LogP contribution in [-0.4, -0.2) is 72.6 Å². The number of ketones is 2. The SMILES string of the molecule is Cc1ccc(S(=O)(=O)NCC#Cc2cc(N(C)C)c3c(c2O)C(O)=C2C(=O)C4(O)C(O)=C(C(N)=O)C(=O)CC4CC2C3)cc1. The second-order valence-corrected chi connectivity index (χ2v) is 13.2. The predicted molar refractivity (Wildman–Crippen MR) is 159 cm³/mol. The molecular formula is C31H31N3O9S. The molecule has 12 nitrogen and oxygen atoms in total. The Labute approximate surface area is 253 Å². The van der Waals surface area contributed by atoms with Crippen LogP contribution in [0, 0.1) is 30.6 Å². The monoisotopic (exact) mass is 621 g/mol. The number of nitrogens with zero attached hydrogens (tertiary/aromatic N) is 1.